The summed E-state index contributed by atoms with van der Waals surface area (Å²) in [5.74, 6) is 0.568. The van der Waals surface area contributed by atoms with E-state index in [-0.39, 0.29) is 17.9 Å². The minimum absolute atomic E-state index is 0.00938. The summed E-state index contributed by atoms with van der Waals surface area (Å²) < 4.78 is 26.6. The van der Waals surface area contributed by atoms with Crippen LogP contribution in [0.1, 0.15) is 6.92 Å². The van der Waals surface area contributed by atoms with Crippen molar-refractivity contribution in [3.8, 4) is 17.2 Å². The van der Waals surface area contributed by atoms with Crippen molar-refractivity contribution in [3.05, 3.63) is 35.2 Å². The van der Waals surface area contributed by atoms with Crippen LogP contribution in [-0.2, 0) is 9.53 Å². The van der Waals surface area contributed by atoms with Gasteiger partial charge in [0.2, 0.25) is 11.5 Å². The lowest BCUT2D eigenvalue weighted by Crippen LogP contribution is -2.30. The first kappa shape index (κ1) is 14.2. The van der Waals surface area contributed by atoms with E-state index in [4.69, 9.17) is 23.4 Å². The van der Waals surface area contributed by atoms with E-state index in [1.807, 2.05) is 0 Å². The Morgan fingerprint density at radius 1 is 1.32 bits per heavy atom. The van der Waals surface area contributed by atoms with E-state index in [0.29, 0.717) is 16.9 Å². The van der Waals surface area contributed by atoms with E-state index >= 15 is 0 Å². The van der Waals surface area contributed by atoms with Gasteiger partial charge in [-0.1, -0.05) is 0 Å². The number of rotatable bonds is 3. The van der Waals surface area contributed by atoms with E-state index in [2.05, 4.69) is 0 Å². The maximum atomic E-state index is 11.4. The zero-order valence-corrected chi connectivity index (χ0v) is 12.0. The van der Waals surface area contributed by atoms with E-state index in [1.165, 1.54) is 26.7 Å². The summed E-state index contributed by atoms with van der Waals surface area (Å²) >= 11 is 0. The third kappa shape index (κ3) is 2.57. The fourth-order valence-corrected chi connectivity index (χ4v) is 2.11. The molecule has 1 aliphatic rings. The highest BCUT2D eigenvalue weighted by atomic mass is 16.6. The lowest BCUT2D eigenvalue weighted by atomic mass is 10.1. The summed E-state index contributed by atoms with van der Waals surface area (Å²) in [6, 6.07) is 4.59. The molecule has 1 unspecified atom stereocenters. The van der Waals surface area contributed by atoms with Gasteiger partial charge in [-0.2, -0.15) is 0 Å². The second-order valence-corrected chi connectivity index (χ2v) is 4.62. The van der Waals surface area contributed by atoms with Crippen molar-refractivity contribution in [2.75, 3.05) is 13.7 Å². The molecule has 1 aromatic heterocycles. The molecular formula is C15H13O7. The zero-order valence-electron chi connectivity index (χ0n) is 12.0. The van der Waals surface area contributed by atoms with Crippen molar-refractivity contribution in [1.29, 1.82) is 0 Å². The predicted octanol–water partition coefficient (Wildman–Crippen LogP) is 1.67. The summed E-state index contributed by atoms with van der Waals surface area (Å²) in [6.07, 6.45) is -0.614. The highest BCUT2D eigenvalue weighted by Gasteiger charge is 2.29. The second kappa shape index (κ2) is 5.59. The first-order valence-corrected chi connectivity index (χ1v) is 6.53. The Labute approximate surface area is 125 Å². The van der Waals surface area contributed by atoms with Crippen LogP contribution in [0.15, 0.2) is 27.4 Å². The standard InChI is InChI=1S/C15H13O7/c1-8(16)19-6-10-7-20-14-11(18-2)5-9-3-4-12(17)22-13(9)15(14)21-10/h3-5,7,10H,6H2,1-2H3. The second-order valence-electron chi connectivity index (χ2n) is 4.62. The third-order valence-electron chi connectivity index (χ3n) is 3.06. The first-order chi connectivity index (χ1) is 10.6. The Hall–Kier alpha value is -2.70. The van der Waals surface area contributed by atoms with E-state index in [1.54, 1.807) is 12.1 Å². The van der Waals surface area contributed by atoms with Crippen LogP contribution in [0.4, 0.5) is 0 Å². The van der Waals surface area contributed by atoms with Crippen molar-refractivity contribution in [2.24, 2.45) is 0 Å². The molecule has 0 aliphatic carbocycles. The molecule has 1 atom stereocenters. The summed E-state index contributed by atoms with van der Waals surface area (Å²) in [7, 11) is 1.49. The number of benzene rings is 1. The van der Waals surface area contributed by atoms with Crippen LogP contribution in [0.2, 0.25) is 0 Å². The Bertz CT molecular complexity index is 777. The largest absolute Gasteiger partial charge is 0.493 e. The molecule has 0 saturated carbocycles. The van der Waals surface area contributed by atoms with Crippen molar-refractivity contribution in [1.82, 2.24) is 0 Å². The van der Waals surface area contributed by atoms with Crippen molar-refractivity contribution >= 4 is 16.9 Å². The third-order valence-corrected chi connectivity index (χ3v) is 3.06. The van der Waals surface area contributed by atoms with Crippen LogP contribution in [0.5, 0.6) is 17.2 Å². The van der Waals surface area contributed by atoms with Crippen LogP contribution in [-0.4, -0.2) is 25.8 Å². The first-order valence-electron chi connectivity index (χ1n) is 6.53. The molecule has 2 heterocycles. The highest BCUT2D eigenvalue weighted by Crippen LogP contribution is 2.46. The molecule has 115 valence electrons. The number of hydrogen-bond acceptors (Lipinski definition) is 7. The SMILES string of the molecule is COc1cc2ccc(=O)oc2c2c1O[CH]C(COC(C)=O)O2. The zero-order chi connectivity index (χ0) is 15.7. The number of fused-ring (bicyclic) bond motifs is 3. The van der Waals surface area contributed by atoms with Gasteiger partial charge in [0.1, 0.15) is 6.61 Å². The summed E-state index contributed by atoms with van der Waals surface area (Å²) in [5, 5.41) is 0.631. The molecule has 1 aliphatic heterocycles. The van der Waals surface area contributed by atoms with Gasteiger partial charge < -0.3 is 23.4 Å². The van der Waals surface area contributed by atoms with E-state index in [9.17, 15) is 9.59 Å². The molecule has 0 amide bonds. The van der Waals surface area contributed by atoms with Gasteiger partial charge in [-0.25, -0.2) is 4.79 Å². The number of carbonyl (C=O) groups excluding carboxylic acids is 1. The minimum Gasteiger partial charge on any atom is -0.493 e. The predicted molar refractivity (Wildman–Crippen MR) is 75.0 cm³/mol. The van der Waals surface area contributed by atoms with E-state index < -0.39 is 17.7 Å². The van der Waals surface area contributed by atoms with Crippen LogP contribution in [0.3, 0.4) is 0 Å². The highest BCUT2D eigenvalue weighted by molar-refractivity contribution is 5.88. The summed E-state index contributed by atoms with van der Waals surface area (Å²) in [5.41, 5.74) is -0.251. The summed E-state index contributed by atoms with van der Waals surface area (Å²) in [4.78, 5) is 22.3. The molecule has 1 radical (unpaired) electrons. The Morgan fingerprint density at radius 3 is 2.86 bits per heavy atom. The molecule has 7 nitrogen and oxygen atoms in total. The van der Waals surface area contributed by atoms with Gasteiger partial charge in [0.25, 0.3) is 0 Å². The van der Waals surface area contributed by atoms with Crippen molar-refractivity contribution < 1.29 is 28.2 Å². The molecule has 0 bridgehead atoms. The molecule has 0 fully saturated rings. The van der Waals surface area contributed by atoms with Gasteiger partial charge in [0.05, 0.1) is 7.11 Å². The number of methoxy groups -OCH3 is 1. The Kier molecular flexibility index (Phi) is 3.62. The summed E-state index contributed by atoms with van der Waals surface area (Å²) in [6.45, 7) is 2.68. The smallest absolute Gasteiger partial charge is 0.336 e. The molecule has 1 aromatic carbocycles. The topological polar surface area (TPSA) is 84.2 Å². The van der Waals surface area contributed by atoms with Gasteiger partial charge in [-0.15, -0.1) is 0 Å². The maximum Gasteiger partial charge on any atom is 0.336 e. The average molecular weight is 305 g/mol. The molecule has 2 aromatic rings. The quantitative estimate of drug-likeness (QED) is 0.630. The molecule has 0 N–H and O–H groups in total. The van der Waals surface area contributed by atoms with Crippen LogP contribution in [0.25, 0.3) is 11.0 Å². The van der Waals surface area contributed by atoms with Gasteiger partial charge in [-0.05, 0) is 12.1 Å². The van der Waals surface area contributed by atoms with Gasteiger partial charge in [0, 0.05) is 18.4 Å². The van der Waals surface area contributed by atoms with Crippen molar-refractivity contribution in [3.63, 3.8) is 0 Å². The molecular weight excluding hydrogens is 292 g/mol. The normalized spacial score (nSPS) is 16.4. The molecule has 0 spiro atoms. The van der Waals surface area contributed by atoms with Crippen LogP contribution in [0, 0.1) is 6.61 Å². The number of hydrogen-bond donors (Lipinski definition) is 0. The lowest BCUT2D eigenvalue weighted by Gasteiger charge is -2.26. The number of esters is 1. The molecule has 22 heavy (non-hydrogen) atoms. The minimum atomic E-state index is -0.614. The maximum absolute atomic E-state index is 11.4. The van der Waals surface area contributed by atoms with Gasteiger partial charge >= 0.3 is 11.6 Å². The average Bonchev–Trinajstić information content (AvgIpc) is 2.52. The van der Waals surface area contributed by atoms with Crippen molar-refractivity contribution in [2.45, 2.75) is 13.0 Å². The van der Waals surface area contributed by atoms with E-state index in [0.717, 1.165) is 0 Å². The Balaban J connectivity index is 2.04. The molecule has 3 rings (SSSR count). The number of carbonyl (C=O) groups is 1. The van der Waals surface area contributed by atoms with Gasteiger partial charge in [-0.3, -0.25) is 4.79 Å². The number of ether oxygens (including phenoxy) is 4. The van der Waals surface area contributed by atoms with Crippen LogP contribution >= 0.6 is 0 Å². The molecule has 7 heteroatoms. The monoisotopic (exact) mass is 305 g/mol. The fourth-order valence-electron chi connectivity index (χ4n) is 2.11. The lowest BCUT2D eigenvalue weighted by molar-refractivity contribution is -0.143. The molecule has 0 saturated heterocycles. The Morgan fingerprint density at radius 2 is 2.14 bits per heavy atom. The van der Waals surface area contributed by atoms with Gasteiger partial charge in [0.15, 0.2) is 24.0 Å². The fraction of sp³-hybridized carbons (Fsp3) is 0.267. The van der Waals surface area contributed by atoms with Crippen LogP contribution < -0.4 is 19.8 Å².